The van der Waals surface area contributed by atoms with Crippen molar-refractivity contribution in [3.8, 4) is 0 Å². The number of carbonyl (C=O) groups excluding carboxylic acids is 1. The molecule has 0 aromatic heterocycles. The molecule has 52 heavy (non-hydrogen) atoms. The molecule has 6 heteroatoms. The number of hydrogen-bond donors (Lipinski definition) is 5. The minimum absolute atomic E-state index is 0.361. The highest BCUT2D eigenvalue weighted by molar-refractivity contribution is 5.80. The normalized spacial score (nSPS) is 14.3. The zero-order chi connectivity index (χ0) is 38.2. The molecular formula is C46H89NO5. The fourth-order valence-electron chi connectivity index (χ4n) is 7.01. The molecule has 0 heterocycles. The Morgan fingerprint density at radius 2 is 0.808 bits per heavy atom. The predicted molar refractivity (Wildman–Crippen MR) is 224 cm³/mol. The molecule has 0 rings (SSSR count). The van der Waals surface area contributed by atoms with Crippen LogP contribution in [0.1, 0.15) is 232 Å². The second kappa shape index (κ2) is 41.0. The average molecular weight is 736 g/mol. The summed E-state index contributed by atoms with van der Waals surface area (Å²) in [6.45, 7) is 4.01. The summed E-state index contributed by atoms with van der Waals surface area (Å²) in [7, 11) is 0. The molecule has 0 aliphatic heterocycles. The molecule has 0 bridgehead atoms. The van der Waals surface area contributed by atoms with Crippen LogP contribution in [0.2, 0.25) is 0 Å². The van der Waals surface area contributed by atoms with Gasteiger partial charge in [0.15, 0.2) is 0 Å². The number of aliphatic hydroxyl groups excluding tert-OH is 4. The maximum atomic E-state index is 12.4. The first kappa shape index (κ1) is 50.8. The fourth-order valence-corrected chi connectivity index (χ4v) is 7.01. The molecule has 4 atom stereocenters. The summed E-state index contributed by atoms with van der Waals surface area (Å²) in [6, 6.07) is -1.00. The van der Waals surface area contributed by atoms with Crippen LogP contribution in [0, 0.1) is 0 Å². The van der Waals surface area contributed by atoms with Crippen molar-refractivity contribution < 1.29 is 25.2 Å². The van der Waals surface area contributed by atoms with Gasteiger partial charge in [-0.1, -0.05) is 205 Å². The van der Waals surface area contributed by atoms with Gasteiger partial charge in [-0.3, -0.25) is 4.79 Å². The van der Waals surface area contributed by atoms with E-state index in [2.05, 4.69) is 43.5 Å². The molecular weight excluding hydrogens is 647 g/mol. The first-order valence-corrected chi connectivity index (χ1v) is 22.7. The van der Waals surface area contributed by atoms with Crippen LogP contribution in [0.3, 0.4) is 0 Å². The Labute approximate surface area is 323 Å². The highest BCUT2D eigenvalue weighted by Gasteiger charge is 2.28. The lowest BCUT2D eigenvalue weighted by atomic mass is 10.00. The molecule has 308 valence electrons. The minimum atomic E-state index is -1.29. The van der Waals surface area contributed by atoms with Crippen molar-refractivity contribution >= 4 is 5.91 Å². The second-order valence-electron chi connectivity index (χ2n) is 15.7. The minimum Gasteiger partial charge on any atom is -0.394 e. The van der Waals surface area contributed by atoms with Crippen molar-refractivity contribution in [2.45, 2.75) is 257 Å². The van der Waals surface area contributed by atoms with Crippen molar-refractivity contribution in [3.05, 3.63) is 24.3 Å². The van der Waals surface area contributed by atoms with Crippen LogP contribution >= 0.6 is 0 Å². The second-order valence-corrected chi connectivity index (χ2v) is 15.7. The van der Waals surface area contributed by atoms with Gasteiger partial charge in [0, 0.05) is 0 Å². The molecule has 0 saturated heterocycles. The van der Waals surface area contributed by atoms with Crippen molar-refractivity contribution in [2.24, 2.45) is 0 Å². The SMILES string of the molecule is CCCCCCCCCCCCCCCCCCCC/C=C/CC/C=C/CCCC(O)C(O)C(CO)NC(=O)C(O)CCCCCCCCCCC. The van der Waals surface area contributed by atoms with Gasteiger partial charge in [-0.2, -0.15) is 0 Å². The Morgan fingerprint density at radius 3 is 1.21 bits per heavy atom. The zero-order valence-corrected chi connectivity index (χ0v) is 34.6. The molecule has 0 aliphatic rings. The summed E-state index contributed by atoms with van der Waals surface area (Å²) >= 11 is 0. The molecule has 1 amide bonds. The van der Waals surface area contributed by atoms with Crippen molar-refractivity contribution in [3.63, 3.8) is 0 Å². The third-order valence-electron chi connectivity index (χ3n) is 10.6. The van der Waals surface area contributed by atoms with Gasteiger partial charge in [0.2, 0.25) is 5.91 Å². The lowest BCUT2D eigenvalue weighted by molar-refractivity contribution is -0.132. The van der Waals surface area contributed by atoms with E-state index in [1.165, 1.54) is 161 Å². The Kier molecular flexibility index (Phi) is 40.0. The van der Waals surface area contributed by atoms with E-state index in [1.54, 1.807) is 0 Å². The number of hydrogen-bond acceptors (Lipinski definition) is 5. The topological polar surface area (TPSA) is 110 Å². The van der Waals surface area contributed by atoms with Gasteiger partial charge < -0.3 is 25.7 Å². The fraction of sp³-hybridized carbons (Fsp3) is 0.891. The smallest absolute Gasteiger partial charge is 0.249 e. The number of carbonyl (C=O) groups is 1. The molecule has 0 aliphatic carbocycles. The lowest BCUT2D eigenvalue weighted by Gasteiger charge is -2.27. The van der Waals surface area contributed by atoms with Crippen LogP contribution in [0.25, 0.3) is 0 Å². The first-order valence-electron chi connectivity index (χ1n) is 22.7. The number of unbranched alkanes of at least 4 members (excludes halogenated alkanes) is 28. The summed E-state index contributed by atoms with van der Waals surface area (Å²) < 4.78 is 0. The Morgan fingerprint density at radius 1 is 0.462 bits per heavy atom. The highest BCUT2D eigenvalue weighted by Crippen LogP contribution is 2.16. The molecule has 0 radical (unpaired) electrons. The van der Waals surface area contributed by atoms with Crippen molar-refractivity contribution in [1.29, 1.82) is 0 Å². The summed E-state index contributed by atoms with van der Waals surface area (Å²) in [6.07, 6.45) is 46.7. The number of rotatable bonds is 41. The summed E-state index contributed by atoms with van der Waals surface area (Å²) in [5, 5.41) is 43.5. The molecule has 0 saturated carbocycles. The van der Waals surface area contributed by atoms with Gasteiger partial charge in [0.05, 0.1) is 18.8 Å². The van der Waals surface area contributed by atoms with Crippen LogP contribution in [-0.2, 0) is 4.79 Å². The van der Waals surface area contributed by atoms with E-state index in [0.29, 0.717) is 19.3 Å². The van der Waals surface area contributed by atoms with E-state index in [1.807, 2.05) is 0 Å². The van der Waals surface area contributed by atoms with Crippen LogP contribution in [-0.4, -0.2) is 57.3 Å². The highest BCUT2D eigenvalue weighted by atomic mass is 16.3. The standard InChI is InChI=1S/C46H89NO5/c1-3-5-7-9-11-13-14-15-16-17-18-19-20-21-22-23-24-25-26-27-28-29-30-32-33-35-37-39-43(49)45(51)42(41-48)47-46(52)44(50)40-38-36-34-31-12-10-8-6-4-2/h27-28,32-33,42-45,48-51H,3-26,29-31,34-41H2,1-2H3,(H,47,52)/b28-27+,33-32+. The zero-order valence-electron chi connectivity index (χ0n) is 34.6. The number of amides is 1. The van der Waals surface area contributed by atoms with Gasteiger partial charge in [0.25, 0.3) is 0 Å². The first-order chi connectivity index (χ1) is 25.5. The lowest BCUT2D eigenvalue weighted by Crippen LogP contribution is -2.53. The number of allylic oxidation sites excluding steroid dienone is 4. The molecule has 0 aromatic rings. The predicted octanol–water partition coefficient (Wildman–Crippen LogP) is 12.0. The largest absolute Gasteiger partial charge is 0.394 e. The Hall–Kier alpha value is -1.21. The maximum Gasteiger partial charge on any atom is 0.249 e. The van der Waals surface area contributed by atoms with Crippen LogP contribution in [0.4, 0.5) is 0 Å². The quantitative estimate of drug-likeness (QED) is 0.0317. The van der Waals surface area contributed by atoms with Gasteiger partial charge >= 0.3 is 0 Å². The van der Waals surface area contributed by atoms with Gasteiger partial charge in [0.1, 0.15) is 12.2 Å². The van der Waals surface area contributed by atoms with Crippen molar-refractivity contribution in [2.75, 3.05) is 6.61 Å². The van der Waals surface area contributed by atoms with E-state index in [4.69, 9.17) is 0 Å². The summed E-state index contributed by atoms with van der Waals surface area (Å²) in [4.78, 5) is 12.4. The third kappa shape index (κ3) is 34.6. The van der Waals surface area contributed by atoms with Crippen LogP contribution in [0.15, 0.2) is 24.3 Å². The number of nitrogens with one attached hydrogen (secondary N) is 1. The van der Waals surface area contributed by atoms with E-state index in [9.17, 15) is 25.2 Å². The molecule has 0 fully saturated rings. The molecule has 0 spiro atoms. The monoisotopic (exact) mass is 736 g/mol. The molecule has 6 nitrogen and oxygen atoms in total. The van der Waals surface area contributed by atoms with Gasteiger partial charge in [-0.05, 0) is 51.4 Å². The maximum absolute atomic E-state index is 12.4. The summed E-state index contributed by atoms with van der Waals surface area (Å²) in [5.74, 6) is -0.600. The third-order valence-corrected chi connectivity index (χ3v) is 10.6. The Balaban J connectivity index is 3.68. The van der Waals surface area contributed by atoms with E-state index in [0.717, 1.165) is 38.5 Å². The van der Waals surface area contributed by atoms with E-state index < -0.39 is 36.9 Å². The average Bonchev–Trinajstić information content (AvgIpc) is 3.15. The summed E-state index contributed by atoms with van der Waals surface area (Å²) in [5.41, 5.74) is 0. The van der Waals surface area contributed by atoms with Crippen LogP contribution in [0.5, 0.6) is 0 Å². The molecule has 4 unspecified atom stereocenters. The molecule has 5 N–H and O–H groups in total. The van der Waals surface area contributed by atoms with E-state index >= 15 is 0 Å². The van der Waals surface area contributed by atoms with Crippen LogP contribution < -0.4 is 5.32 Å². The molecule has 0 aromatic carbocycles. The Bertz CT molecular complexity index is 787. The van der Waals surface area contributed by atoms with Gasteiger partial charge in [-0.25, -0.2) is 0 Å². The van der Waals surface area contributed by atoms with E-state index in [-0.39, 0.29) is 0 Å². The number of aliphatic hydroxyl groups is 4. The van der Waals surface area contributed by atoms with Crippen molar-refractivity contribution in [1.82, 2.24) is 5.32 Å². The van der Waals surface area contributed by atoms with Gasteiger partial charge in [-0.15, -0.1) is 0 Å².